The zero-order valence-corrected chi connectivity index (χ0v) is 28.6. The SMILES string of the molecule is CC[C@H]1CCC(=O)CC(=O)C2=Cc3cc(OC)c(O)cc3[C@H](CC2)c2cnc(N)c(c2)[C@@H](C2([NH+]3C=CNC3)CCCCC2)SSC1. The van der Waals surface area contributed by atoms with Gasteiger partial charge in [-0.15, -0.1) is 0 Å². The number of hydrogen-bond acceptors (Lipinski definition) is 9. The number of nitrogens with two attached hydrogens (primary N) is 1. The van der Waals surface area contributed by atoms with E-state index < -0.39 is 0 Å². The number of ether oxygens (including phenoxy) is 1. The smallest absolute Gasteiger partial charge is 0.166 e. The monoisotopic (exact) mass is 663 g/mol. The van der Waals surface area contributed by atoms with E-state index in [4.69, 9.17) is 15.5 Å². The normalized spacial score (nSPS) is 26.9. The number of pyridine rings is 1. The molecule has 246 valence electrons. The lowest BCUT2D eigenvalue weighted by Crippen LogP contribution is -3.17. The van der Waals surface area contributed by atoms with Crippen molar-refractivity contribution in [3.63, 3.8) is 0 Å². The summed E-state index contributed by atoms with van der Waals surface area (Å²) in [6, 6.07) is 5.84. The second-order valence-electron chi connectivity index (χ2n) is 13.3. The Balaban J connectivity index is 1.50. The van der Waals surface area contributed by atoms with E-state index in [0.29, 0.717) is 42.3 Å². The maximum atomic E-state index is 13.5. The molecule has 1 fully saturated rings. The average molecular weight is 664 g/mol. The van der Waals surface area contributed by atoms with Crippen LogP contribution in [0, 0.1) is 5.92 Å². The van der Waals surface area contributed by atoms with Crippen LogP contribution in [-0.2, 0) is 9.59 Å². The Hall–Kier alpha value is -2.95. The molecule has 5 N–H and O–H groups in total. The molecule has 8 nitrogen and oxygen atoms in total. The number of phenolic OH excluding ortho intramolecular Hbond substituents is 1. The third kappa shape index (κ3) is 6.71. The number of nitrogens with zero attached hydrogens (tertiary/aromatic N) is 1. The highest BCUT2D eigenvalue weighted by molar-refractivity contribution is 8.76. The van der Waals surface area contributed by atoms with Crippen molar-refractivity contribution >= 4 is 45.0 Å². The molecule has 1 aromatic carbocycles. The molecule has 4 atom stereocenters. The highest BCUT2D eigenvalue weighted by Crippen LogP contribution is 2.52. The second-order valence-corrected chi connectivity index (χ2v) is 15.8. The van der Waals surface area contributed by atoms with Gasteiger partial charge in [-0.25, -0.2) is 4.98 Å². The van der Waals surface area contributed by atoms with Gasteiger partial charge in [0.2, 0.25) is 0 Å². The van der Waals surface area contributed by atoms with Crippen molar-refractivity contribution in [2.45, 2.75) is 94.3 Å². The van der Waals surface area contributed by atoms with Crippen LogP contribution >= 0.6 is 21.6 Å². The van der Waals surface area contributed by atoms with Crippen LogP contribution < -0.4 is 20.7 Å². The molecule has 4 aliphatic rings. The zero-order chi connectivity index (χ0) is 32.3. The third-order valence-electron chi connectivity index (χ3n) is 10.6. The molecule has 1 saturated carbocycles. The molecule has 3 heterocycles. The first-order valence-corrected chi connectivity index (χ1v) is 19.2. The first-order chi connectivity index (χ1) is 22.3. The van der Waals surface area contributed by atoms with Crippen LogP contribution in [-0.4, -0.2) is 46.7 Å². The number of hydrogen-bond donors (Lipinski definition) is 4. The van der Waals surface area contributed by atoms with Gasteiger partial charge in [0.25, 0.3) is 0 Å². The molecular weight excluding hydrogens is 617 g/mol. The van der Waals surface area contributed by atoms with Gasteiger partial charge in [-0.1, -0.05) is 41.4 Å². The minimum absolute atomic E-state index is 0.00945. The number of aromatic nitrogens is 1. The summed E-state index contributed by atoms with van der Waals surface area (Å²) in [4.78, 5) is 33.0. The van der Waals surface area contributed by atoms with Gasteiger partial charge in [0.1, 0.15) is 23.3 Å². The van der Waals surface area contributed by atoms with Crippen molar-refractivity contribution < 1.29 is 24.3 Å². The van der Waals surface area contributed by atoms with E-state index >= 15 is 0 Å². The van der Waals surface area contributed by atoms with Crippen LogP contribution in [0.3, 0.4) is 0 Å². The molecule has 1 aromatic heterocycles. The Kier molecular flexibility index (Phi) is 10.3. The van der Waals surface area contributed by atoms with E-state index in [1.807, 2.05) is 33.9 Å². The fourth-order valence-electron chi connectivity index (χ4n) is 7.84. The molecule has 46 heavy (non-hydrogen) atoms. The second kappa shape index (κ2) is 14.4. The fourth-order valence-corrected chi connectivity index (χ4v) is 11.6. The van der Waals surface area contributed by atoms with Gasteiger partial charge in [0, 0.05) is 42.7 Å². The number of methoxy groups -OCH3 is 1. The topological polar surface area (TPSA) is 119 Å². The number of nitrogen functional groups attached to an aromatic ring is 1. The number of phenols is 1. The zero-order valence-electron chi connectivity index (χ0n) is 27.0. The van der Waals surface area contributed by atoms with Gasteiger partial charge in [0.05, 0.1) is 25.0 Å². The van der Waals surface area contributed by atoms with E-state index in [1.54, 1.807) is 12.1 Å². The Bertz CT molecular complexity index is 1520. The molecule has 1 unspecified atom stereocenters. The number of carbonyl (C=O) groups is 2. The highest BCUT2D eigenvalue weighted by atomic mass is 33.1. The number of nitrogens with one attached hydrogen (secondary N) is 2. The third-order valence-corrected chi connectivity index (χ3v) is 13.7. The lowest BCUT2D eigenvalue weighted by atomic mass is 9.75. The number of fused-ring (bicyclic) bond motifs is 8. The lowest BCUT2D eigenvalue weighted by Gasteiger charge is -2.45. The summed E-state index contributed by atoms with van der Waals surface area (Å²) in [5.41, 5.74) is 11.3. The standard InChI is InChI=1S/C36H46N4O4S2/c1-3-23-7-9-27(41)18-31(42)24-8-10-28(29-19-32(43)33(44-2)17-25(29)15-24)26-16-30(35(37)39-20-26)34(46-45-21-23)36(11-5-4-6-12-36)40-14-13-38-22-40/h13-17,19-20,23,28,34,38,43H,3-12,18,21-22H2,1-2H3,(H2,37,39)/p+1/t23-,28+,34-/m0/s1. The number of benzene rings is 1. The number of allylic oxidation sites excluding steroid dienone is 1. The largest absolute Gasteiger partial charge is 0.504 e. The maximum absolute atomic E-state index is 13.5. The number of Topliss-reactive ketones (excluding diaryl/α,β-unsaturated/α-hetero) is 2. The number of aromatic hydroxyl groups is 1. The molecule has 0 spiro atoms. The fraction of sp³-hybridized carbons (Fsp3) is 0.528. The summed E-state index contributed by atoms with van der Waals surface area (Å²) in [5.74, 6) is 2.08. The first-order valence-electron chi connectivity index (χ1n) is 16.8. The maximum Gasteiger partial charge on any atom is 0.166 e. The summed E-state index contributed by atoms with van der Waals surface area (Å²) in [7, 11) is 5.36. The van der Waals surface area contributed by atoms with E-state index in [9.17, 15) is 14.7 Å². The molecule has 2 aliphatic carbocycles. The molecule has 2 aliphatic heterocycles. The van der Waals surface area contributed by atoms with E-state index in [1.165, 1.54) is 31.3 Å². The number of anilines is 1. The van der Waals surface area contributed by atoms with Gasteiger partial charge in [0.15, 0.2) is 24.0 Å². The van der Waals surface area contributed by atoms with Crippen LogP contribution in [0.5, 0.6) is 11.5 Å². The molecule has 4 bridgehead atoms. The molecule has 0 saturated heterocycles. The van der Waals surface area contributed by atoms with Crippen molar-refractivity contribution in [3.8, 4) is 11.5 Å². The van der Waals surface area contributed by atoms with Gasteiger partial charge < -0.3 is 20.9 Å². The molecule has 6 rings (SSSR count). The van der Waals surface area contributed by atoms with E-state index in [0.717, 1.165) is 60.4 Å². The average Bonchev–Trinajstić information content (AvgIpc) is 3.55. The summed E-state index contributed by atoms with van der Waals surface area (Å²) in [6.45, 7) is 3.05. The van der Waals surface area contributed by atoms with Crippen molar-refractivity contribution in [1.29, 1.82) is 0 Å². The minimum Gasteiger partial charge on any atom is -0.504 e. The van der Waals surface area contributed by atoms with Crippen LogP contribution in [0.15, 0.2) is 42.4 Å². The molecule has 0 amide bonds. The predicted octanol–water partition coefficient (Wildman–Crippen LogP) is 6.08. The Morgan fingerprint density at radius 3 is 2.70 bits per heavy atom. The molecule has 10 heteroatoms. The van der Waals surface area contributed by atoms with Crippen LogP contribution in [0.2, 0.25) is 0 Å². The van der Waals surface area contributed by atoms with Crippen LogP contribution in [0.1, 0.15) is 111 Å². The molecule has 2 aromatic rings. The van der Waals surface area contributed by atoms with E-state index in [2.05, 4.69) is 30.7 Å². The summed E-state index contributed by atoms with van der Waals surface area (Å²) >= 11 is 0. The van der Waals surface area contributed by atoms with Gasteiger partial charge in [-0.3, -0.25) is 14.5 Å². The highest BCUT2D eigenvalue weighted by Gasteiger charge is 2.50. The van der Waals surface area contributed by atoms with Crippen molar-refractivity contribution in [2.24, 2.45) is 5.92 Å². The van der Waals surface area contributed by atoms with Gasteiger partial charge in [-0.05, 0) is 84.6 Å². The Morgan fingerprint density at radius 1 is 1.13 bits per heavy atom. The van der Waals surface area contributed by atoms with Crippen molar-refractivity contribution in [2.75, 3.05) is 25.3 Å². The number of quaternary nitrogens is 1. The molecule has 0 radical (unpaired) electrons. The molecular formula is C36H47N4O4S2+. The van der Waals surface area contributed by atoms with Gasteiger partial charge >= 0.3 is 0 Å². The number of ketones is 2. The summed E-state index contributed by atoms with van der Waals surface area (Å²) in [5, 5.41) is 14.4. The van der Waals surface area contributed by atoms with Crippen LogP contribution in [0.4, 0.5) is 5.82 Å². The quantitative estimate of drug-likeness (QED) is 0.228. The van der Waals surface area contributed by atoms with E-state index in [-0.39, 0.29) is 40.4 Å². The van der Waals surface area contributed by atoms with Gasteiger partial charge in [-0.2, -0.15) is 0 Å². The Labute approximate surface area is 280 Å². The minimum atomic E-state index is -0.127. The van der Waals surface area contributed by atoms with Crippen LogP contribution in [0.25, 0.3) is 6.08 Å². The lowest BCUT2D eigenvalue weighted by molar-refractivity contribution is -0.903. The Morgan fingerprint density at radius 2 is 1.96 bits per heavy atom. The summed E-state index contributed by atoms with van der Waals surface area (Å²) in [6.07, 6.45) is 17.3. The summed E-state index contributed by atoms with van der Waals surface area (Å²) < 4.78 is 5.47. The predicted molar refractivity (Wildman–Crippen MR) is 187 cm³/mol. The number of rotatable bonds is 4. The van der Waals surface area contributed by atoms with Crippen molar-refractivity contribution in [3.05, 3.63) is 64.6 Å². The number of carbonyl (C=O) groups excluding carboxylic acids is 2. The first kappa shape index (κ1) is 33.0. The van der Waals surface area contributed by atoms with Crippen molar-refractivity contribution in [1.82, 2.24) is 10.3 Å².